The second kappa shape index (κ2) is 12.9. The van der Waals surface area contributed by atoms with Gasteiger partial charge in [0.15, 0.2) is 11.2 Å². The first-order valence-corrected chi connectivity index (χ1v) is 15.6. The molecule has 0 unspecified atom stereocenters. The molecule has 2 fully saturated rings. The number of hydrogen-bond donors (Lipinski definition) is 1. The van der Waals surface area contributed by atoms with E-state index in [4.69, 9.17) is 16.0 Å². The molecule has 1 aliphatic heterocycles. The number of halogens is 2. The van der Waals surface area contributed by atoms with E-state index in [1.807, 2.05) is 21.7 Å². The largest absolute Gasteiger partial charge is 0.451 e. The summed E-state index contributed by atoms with van der Waals surface area (Å²) in [5.74, 6) is -1.25. The maximum atomic E-state index is 14.1. The molecule has 2 amide bonds. The number of benzene rings is 2. The van der Waals surface area contributed by atoms with E-state index in [1.54, 1.807) is 24.8 Å². The molecule has 9 nitrogen and oxygen atoms in total. The molecule has 6 rings (SSSR count). The molecule has 0 radical (unpaired) electrons. The van der Waals surface area contributed by atoms with E-state index < -0.39 is 23.2 Å². The standard InChI is InChI=1S/C33H35ClFN5O4/c34-24-8-6-22(7-9-24)16-27(38-31(42)30-18-28(41)26-11-10-25(35)17-29(26)44-30)32(43)39-14-12-33(13-15-39,19-40-21-36-20-37-40)23-4-2-1-3-5-23/h6-11,17-18,20-21,23,27H,1-5,12-16,19H2,(H,38,42)/t27-/m1/s1. The van der Waals surface area contributed by atoms with Crippen LogP contribution in [0, 0.1) is 17.2 Å². The lowest BCUT2D eigenvalue weighted by molar-refractivity contribution is -0.136. The predicted molar refractivity (Wildman–Crippen MR) is 164 cm³/mol. The zero-order valence-electron chi connectivity index (χ0n) is 24.4. The smallest absolute Gasteiger partial charge is 0.287 e. The molecule has 2 aromatic heterocycles. The Morgan fingerprint density at radius 1 is 1.07 bits per heavy atom. The Balaban J connectivity index is 1.23. The topological polar surface area (TPSA) is 110 Å². The third-order valence-corrected chi connectivity index (χ3v) is 9.61. The normalized spacial score (nSPS) is 17.8. The van der Waals surface area contributed by atoms with Gasteiger partial charge >= 0.3 is 0 Å². The minimum atomic E-state index is -0.922. The van der Waals surface area contributed by atoms with Crippen molar-refractivity contribution in [2.75, 3.05) is 13.1 Å². The number of amides is 2. The molecular weight excluding hydrogens is 585 g/mol. The van der Waals surface area contributed by atoms with Gasteiger partial charge in [0.2, 0.25) is 5.91 Å². The van der Waals surface area contributed by atoms with Crippen LogP contribution in [0.3, 0.4) is 0 Å². The monoisotopic (exact) mass is 619 g/mol. The van der Waals surface area contributed by atoms with Crippen LogP contribution in [-0.2, 0) is 17.8 Å². The average Bonchev–Trinajstić information content (AvgIpc) is 3.55. The third kappa shape index (κ3) is 6.55. The number of hydrogen-bond acceptors (Lipinski definition) is 6. The number of carbonyl (C=O) groups is 2. The average molecular weight is 620 g/mol. The Bertz CT molecular complexity index is 1680. The van der Waals surface area contributed by atoms with Crippen molar-refractivity contribution in [3.05, 3.63) is 93.6 Å². The summed E-state index contributed by atoms with van der Waals surface area (Å²) in [6, 6.07) is 10.8. The molecule has 1 saturated heterocycles. The van der Waals surface area contributed by atoms with Crippen LogP contribution >= 0.6 is 11.6 Å². The Labute approximate surface area is 259 Å². The highest BCUT2D eigenvalue weighted by Crippen LogP contribution is 2.47. The minimum absolute atomic E-state index is 0.0175. The van der Waals surface area contributed by atoms with Crippen LogP contribution in [0.25, 0.3) is 11.0 Å². The summed E-state index contributed by atoms with van der Waals surface area (Å²) in [5.41, 5.74) is 0.323. The van der Waals surface area contributed by atoms with Crippen molar-refractivity contribution in [2.24, 2.45) is 11.3 Å². The third-order valence-electron chi connectivity index (χ3n) is 9.36. The van der Waals surface area contributed by atoms with Crippen LogP contribution < -0.4 is 10.7 Å². The molecule has 2 aliphatic rings. The number of rotatable bonds is 8. The maximum absolute atomic E-state index is 14.1. The van der Waals surface area contributed by atoms with Gasteiger partial charge in [-0.25, -0.2) is 9.37 Å². The lowest BCUT2D eigenvalue weighted by Crippen LogP contribution is -2.54. The minimum Gasteiger partial charge on any atom is -0.451 e. The van der Waals surface area contributed by atoms with Crippen LogP contribution in [0.2, 0.25) is 5.02 Å². The Morgan fingerprint density at radius 3 is 2.52 bits per heavy atom. The predicted octanol–water partition coefficient (Wildman–Crippen LogP) is 5.41. The van der Waals surface area contributed by atoms with Crippen molar-refractivity contribution in [1.29, 1.82) is 0 Å². The van der Waals surface area contributed by atoms with Crippen LogP contribution in [-0.4, -0.2) is 50.6 Å². The number of piperidine rings is 1. The Hall–Kier alpha value is -4.05. The molecule has 2 aromatic carbocycles. The summed E-state index contributed by atoms with van der Waals surface area (Å²) in [6.07, 6.45) is 11.3. The van der Waals surface area contributed by atoms with E-state index >= 15 is 0 Å². The number of likely N-dealkylation sites (tertiary alicyclic amines) is 1. The van der Waals surface area contributed by atoms with E-state index in [0.717, 1.165) is 43.1 Å². The lowest BCUT2D eigenvalue weighted by Gasteiger charge is -2.48. The highest BCUT2D eigenvalue weighted by Gasteiger charge is 2.44. The molecular formula is C33H35ClFN5O4. The summed E-state index contributed by atoms with van der Waals surface area (Å²) in [7, 11) is 0. The van der Waals surface area contributed by atoms with E-state index in [2.05, 4.69) is 15.4 Å². The molecule has 1 aliphatic carbocycles. The van der Waals surface area contributed by atoms with Gasteiger partial charge in [0.05, 0.1) is 5.39 Å². The summed E-state index contributed by atoms with van der Waals surface area (Å²) in [5, 5.41) is 7.93. The lowest BCUT2D eigenvalue weighted by atomic mass is 9.63. The van der Waals surface area contributed by atoms with Gasteiger partial charge in [0, 0.05) is 43.2 Å². The maximum Gasteiger partial charge on any atom is 0.287 e. The van der Waals surface area contributed by atoms with Crippen molar-refractivity contribution in [3.8, 4) is 0 Å². The number of carbonyl (C=O) groups excluding carboxylic acids is 2. The Morgan fingerprint density at radius 2 is 1.82 bits per heavy atom. The van der Waals surface area contributed by atoms with Gasteiger partial charge in [-0.1, -0.05) is 43.0 Å². The molecule has 44 heavy (non-hydrogen) atoms. The Kier molecular flexibility index (Phi) is 8.79. The van der Waals surface area contributed by atoms with E-state index in [9.17, 15) is 18.8 Å². The van der Waals surface area contributed by atoms with Crippen molar-refractivity contribution < 1.29 is 18.4 Å². The van der Waals surface area contributed by atoms with Crippen molar-refractivity contribution >= 4 is 34.4 Å². The van der Waals surface area contributed by atoms with Crippen LogP contribution in [0.15, 0.2) is 70.4 Å². The molecule has 4 aromatic rings. The molecule has 1 atom stereocenters. The van der Waals surface area contributed by atoms with Gasteiger partial charge in [-0.15, -0.1) is 0 Å². The molecule has 1 N–H and O–H groups in total. The van der Waals surface area contributed by atoms with Crippen molar-refractivity contribution in [1.82, 2.24) is 25.0 Å². The van der Waals surface area contributed by atoms with Crippen LogP contribution in [0.5, 0.6) is 0 Å². The van der Waals surface area contributed by atoms with E-state index in [0.29, 0.717) is 24.0 Å². The van der Waals surface area contributed by atoms with Gasteiger partial charge in [0.1, 0.15) is 30.1 Å². The number of nitrogens with zero attached hydrogens (tertiary/aromatic N) is 4. The van der Waals surface area contributed by atoms with E-state index in [1.165, 1.54) is 38.2 Å². The second-order valence-electron chi connectivity index (χ2n) is 12.1. The molecule has 0 spiro atoms. The fraction of sp³-hybridized carbons (Fsp3) is 0.424. The highest BCUT2D eigenvalue weighted by molar-refractivity contribution is 6.30. The summed E-state index contributed by atoms with van der Waals surface area (Å²) in [4.78, 5) is 46.1. The van der Waals surface area contributed by atoms with Crippen molar-refractivity contribution in [3.63, 3.8) is 0 Å². The first kappa shape index (κ1) is 30.0. The van der Waals surface area contributed by atoms with Crippen LogP contribution in [0.4, 0.5) is 4.39 Å². The number of nitrogens with one attached hydrogen (secondary N) is 1. The number of fused-ring (bicyclic) bond motifs is 1. The molecule has 11 heteroatoms. The van der Waals surface area contributed by atoms with Crippen LogP contribution in [0.1, 0.15) is 61.1 Å². The van der Waals surface area contributed by atoms with E-state index in [-0.39, 0.29) is 34.5 Å². The fourth-order valence-corrected chi connectivity index (χ4v) is 7.09. The molecule has 230 valence electrons. The van der Waals surface area contributed by atoms with Gasteiger partial charge in [-0.2, -0.15) is 5.10 Å². The molecule has 0 bridgehead atoms. The van der Waals surface area contributed by atoms with Gasteiger partial charge in [-0.3, -0.25) is 19.1 Å². The quantitative estimate of drug-likeness (QED) is 0.283. The van der Waals surface area contributed by atoms with Crippen molar-refractivity contribution in [2.45, 2.75) is 64.0 Å². The van der Waals surface area contributed by atoms with Gasteiger partial charge < -0.3 is 14.6 Å². The second-order valence-corrected chi connectivity index (χ2v) is 12.5. The highest BCUT2D eigenvalue weighted by atomic mass is 35.5. The van der Waals surface area contributed by atoms with Gasteiger partial charge in [0.25, 0.3) is 5.91 Å². The first-order valence-electron chi connectivity index (χ1n) is 15.2. The zero-order chi connectivity index (χ0) is 30.7. The number of aromatic nitrogens is 3. The zero-order valence-corrected chi connectivity index (χ0v) is 25.1. The first-order chi connectivity index (χ1) is 21.3. The summed E-state index contributed by atoms with van der Waals surface area (Å²) in [6.45, 7) is 1.88. The summed E-state index contributed by atoms with van der Waals surface area (Å²) >= 11 is 6.09. The fourth-order valence-electron chi connectivity index (χ4n) is 6.97. The molecule has 1 saturated carbocycles. The SMILES string of the molecule is O=C(N[C@H](Cc1ccc(Cl)cc1)C(=O)N1CCC(Cn2cncn2)(C2CCCCC2)CC1)c1cc(=O)c2ccc(F)cc2o1. The summed E-state index contributed by atoms with van der Waals surface area (Å²) < 4.78 is 21.4. The molecule has 3 heterocycles. The van der Waals surface area contributed by atoms with Gasteiger partial charge in [-0.05, 0) is 66.8 Å².